The fraction of sp³-hybridized carbons (Fsp3) is 0.417. The molecule has 112 valence electrons. The highest BCUT2D eigenvalue weighted by Gasteiger charge is 2.27. The summed E-state index contributed by atoms with van der Waals surface area (Å²) < 4.78 is 57.5. The summed E-state index contributed by atoms with van der Waals surface area (Å²) in [7, 11) is 0. The Hall–Kier alpha value is -1.83. The van der Waals surface area contributed by atoms with E-state index in [1.54, 1.807) is 0 Å². The second-order valence-corrected chi connectivity index (χ2v) is 3.90. The molecule has 0 aliphatic rings. The zero-order valence-electron chi connectivity index (χ0n) is 10.4. The maximum absolute atomic E-state index is 13.3. The summed E-state index contributed by atoms with van der Waals surface area (Å²) in [5.74, 6) is -1.71. The highest BCUT2D eigenvalue weighted by atomic mass is 19.4. The Kier molecular flexibility index (Phi) is 5.75. The summed E-state index contributed by atoms with van der Waals surface area (Å²) in [6.07, 6.45) is -4.31. The average Bonchev–Trinajstić information content (AvgIpc) is 2.35. The topological polar surface area (TPSA) is 61.6 Å². The molecule has 8 heteroatoms. The second-order valence-electron chi connectivity index (χ2n) is 3.90. The molecule has 0 aliphatic carbocycles. The van der Waals surface area contributed by atoms with Crippen molar-refractivity contribution in [1.82, 2.24) is 0 Å². The van der Waals surface area contributed by atoms with Gasteiger partial charge in [-0.2, -0.15) is 13.2 Å². The molecular formula is C12H13F4NO3. The van der Waals surface area contributed by atoms with Crippen LogP contribution < -0.4 is 5.73 Å². The molecule has 0 spiro atoms. The van der Waals surface area contributed by atoms with Gasteiger partial charge in [0.15, 0.2) is 0 Å². The Morgan fingerprint density at radius 3 is 2.60 bits per heavy atom. The van der Waals surface area contributed by atoms with Crippen LogP contribution in [0.3, 0.4) is 0 Å². The van der Waals surface area contributed by atoms with Gasteiger partial charge in [0.1, 0.15) is 12.4 Å². The van der Waals surface area contributed by atoms with Gasteiger partial charge in [-0.05, 0) is 18.2 Å². The number of hydrogen-bond donors (Lipinski definition) is 1. The van der Waals surface area contributed by atoms with Crippen LogP contribution in [-0.2, 0) is 9.47 Å². The zero-order chi connectivity index (χ0) is 15.2. The van der Waals surface area contributed by atoms with Gasteiger partial charge in [0, 0.05) is 12.1 Å². The lowest BCUT2D eigenvalue weighted by molar-refractivity contribution is -0.174. The van der Waals surface area contributed by atoms with Gasteiger partial charge in [0.2, 0.25) is 0 Å². The normalized spacial score (nSPS) is 11.4. The minimum absolute atomic E-state index is 0.0752. The summed E-state index contributed by atoms with van der Waals surface area (Å²) in [6, 6.07) is 3.44. The minimum Gasteiger partial charge on any atom is -0.462 e. The molecule has 1 aromatic carbocycles. The van der Waals surface area contributed by atoms with Gasteiger partial charge >= 0.3 is 12.1 Å². The lowest BCUT2D eigenvalue weighted by Gasteiger charge is -2.08. The van der Waals surface area contributed by atoms with E-state index in [1.165, 1.54) is 6.07 Å². The Bertz CT molecular complexity index is 463. The number of halogens is 4. The molecule has 0 unspecified atom stereocenters. The lowest BCUT2D eigenvalue weighted by atomic mass is 10.2. The van der Waals surface area contributed by atoms with Gasteiger partial charge in [-0.25, -0.2) is 9.18 Å². The Morgan fingerprint density at radius 1 is 1.25 bits per heavy atom. The van der Waals surface area contributed by atoms with Crippen molar-refractivity contribution < 1.29 is 31.8 Å². The highest BCUT2D eigenvalue weighted by molar-refractivity contribution is 5.90. The zero-order valence-corrected chi connectivity index (χ0v) is 10.4. The van der Waals surface area contributed by atoms with Gasteiger partial charge in [-0.1, -0.05) is 0 Å². The smallest absolute Gasteiger partial charge is 0.411 e. The number of alkyl halides is 3. The van der Waals surface area contributed by atoms with E-state index in [4.69, 9.17) is 10.5 Å². The van der Waals surface area contributed by atoms with Gasteiger partial charge in [-0.3, -0.25) is 0 Å². The fourth-order valence-corrected chi connectivity index (χ4v) is 1.29. The number of anilines is 1. The summed E-state index contributed by atoms with van der Waals surface area (Å²) in [5.41, 5.74) is 5.28. The molecule has 20 heavy (non-hydrogen) atoms. The third-order valence-corrected chi connectivity index (χ3v) is 2.14. The van der Waals surface area contributed by atoms with E-state index in [9.17, 15) is 22.4 Å². The Labute approximate surface area is 112 Å². The maximum atomic E-state index is 13.3. The summed E-state index contributed by atoms with van der Waals surface area (Å²) in [5, 5.41) is 0. The lowest BCUT2D eigenvalue weighted by Crippen LogP contribution is -2.18. The number of ether oxygens (including phenoxy) is 2. The first-order valence-electron chi connectivity index (χ1n) is 5.66. The molecule has 0 atom stereocenters. The van der Waals surface area contributed by atoms with E-state index < -0.39 is 24.6 Å². The molecule has 1 aromatic rings. The summed E-state index contributed by atoms with van der Waals surface area (Å²) in [6.45, 7) is -1.75. The predicted molar refractivity (Wildman–Crippen MR) is 62.6 cm³/mol. The first-order valence-corrected chi connectivity index (χ1v) is 5.66. The molecule has 0 amide bonds. The van der Waals surface area contributed by atoms with Crippen LogP contribution in [0.2, 0.25) is 0 Å². The number of rotatable bonds is 6. The minimum atomic E-state index is -4.39. The molecule has 0 saturated carbocycles. The van der Waals surface area contributed by atoms with Gasteiger partial charge < -0.3 is 15.2 Å². The first kappa shape index (κ1) is 16.2. The standard InChI is InChI=1S/C12H13F4NO3/c13-10-3-2-8(17)6-9(10)11(18)20-5-1-4-19-7-12(14,15)16/h2-3,6H,1,4-5,7,17H2. The van der Waals surface area contributed by atoms with Crippen LogP contribution in [-0.4, -0.2) is 32.0 Å². The Morgan fingerprint density at radius 2 is 1.95 bits per heavy atom. The molecule has 4 nitrogen and oxygen atoms in total. The van der Waals surface area contributed by atoms with E-state index >= 15 is 0 Å². The van der Waals surface area contributed by atoms with Crippen LogP contribution in [0.5, 0.6) is 0 Å². The predicted octanol–water partition coefficient (Wildman–Crippen LogP) is 2.53. The van der Waals surface area contributed by atoms with E-state index in [-0.39, 0.29) is 30.9 Å². The largest absolute Gasteiger partial charge is 0.462 e. The van der Waals surface area contributed by atoms with E-state index in [0.29, 0.717) is 0 Å². The van der Waals surface area contributed by atoms with Crippen LogP contribution in [0.4, 0.5) is 23.2 Å². The molecule has 0 radical (unpaired) electrons. The molecule has 0 heterocycles. The number of hydrogen-bond acceptors (Lipinski definition) is 4. The van der Waals surface area contributed by atoms with Gasteiger partial charge in [0.25, 0.3) is 0 Å². The number of esters is 1. The quantitative estimate of drug-likeness (QED) is 0.379. The van der Waals surface area contributed by atoms with Crippen LogP contribution >= 0.6 is 0 Å². The first-order chi connectivity index (χ1) is 9.29. The van der Waals surface area contributed by atoms with Crippen LogP contribution in [0, 0.1) is 5.82 Å². The van der Waals surface area contributed by atoms with Crippen LogP contribution in [0.1, 0.15) is 16.8 Å². The number of carbonyl (C=O) groups is 1. The molecule has 0 aliphatic heterocycles. The molecule has 0 aromatic heterocycles. The number of nitrogens with two attached hydrogens (primary N) is 1. The van der Waals surface area contributed by atoms with Crippen molar-refractivity contribution in [2.24, 2.45) is 0 Å². The van der Waals surface area contributed by atoms with Crippen molar-refractivity contribution in [2.45, 2.75) is 12.6 Å². The van der Waals surface area contributed by atoms with Crippen molar-refractivity contribution >= 4 is 11.7 Å². The Balaban J connectivity index is 2.28. The van der Waals surface area contributed by atoms with Crippen LogP contribution in [0.15, 0.2) is 18.2 Å². The number of benzene rings is 1. The molecule has 1 rings (SSSR count). The molecule has 0 saturated heterocycles. The van der Waals surface area contributed by atoms with Gasteiger partial charge in [0.05, 0.1) is 18.8 Å². The maximum Gasteiger partial charge on any atom is 0.411 e. The molecule has 2 N–H and O–H groups in total. The van der Waals surface area contributed by atoms with Crippen molar-refractivity contribution in [1.29, 1.82) is 0 Å². The fourth-order valence-electron chi connectivity index (χ4n) is 1.29. The highest BCUT2D eigenvalue weighted by Crippen LogP contribution is 2.15. The average molecular weight is 295 g/mol. The third kappa shape index (κ3) is 5.87. The van der Waals surface area contributed by atoms with E-state index in [1.807, 2.05) is 0 Å². The number of carbonyl (C=O) groups excluding carboxylic acids is 1. The van der Waals surface area contributed by atoms with Gasteiger partial charge in [-0.15, -0.1) is 0 Å². The third-order valence-electron chi connectivity index (χ3n) is 2.14. The number of nitrogen functional groups attached to an aromatic ring is 1. The summed E-state index contributed by atoms with van der Waals surface area (Å²) >= 11 is 0. The van der Waals surface area contributed by atoms with E-state index in [2.05, 4.69) is 4.74 Å². The van der Waals surface area contributed by atoms with Crippen LogP contribution in [0.25, 0.3) is 0 Å². The molecule has 0 bridgehead atoms. The SMILES string of the molecule is Nc1ccc(F)c(C(=O)OCCCOCC(F)(F)F)c1. The molecule has 0 fully saturated rings. The van der Waals surface area contributed by atoms with Crippen molar-refractivity contribution in [2.75, 3.05) is 25.6 Å². The summed E-state index contributed by atoms with van der Waals surface area (Å²) in [4.78, 5) is 11.5. The molecular weight excluding hydrogens is 282 g/mol. The second kappa shape index (κ2) is 7.09. The van der Waals surface area contributed by atoms with Crippen molar-refractivity contribution in [3.8, 4) is 0 Å². The van der Waals surface area contributed by atoms with Crippen molar-refractivity contribution in [3.63, 3.8) is 0 Å². The van der Waals surface area contributed by atoms with E-state index in [0.717, 1.165) is 12.1 Å². The van der Waals surface area contributed by atoms with Crippen molar-refractivity contribution in [3.05, 3.63) is 29.6 Å². The monoisotopic (exact) mass is 295 g/mol.